The van der Waals surface area contributed by atoms with Gasteiger partial charge < -0.3 is 18.9 Å². The minimum Gasteiger partial charge on any atom is -0.462 e. The van der Waals surface area contributed by atoms with Crippen molar-refractivity contribution in [2.24, 2.45) is 5.92 Å². The molecule has 2 aliphatic heterocycles. The molecule has 3 atom stereocenters. The summed E-state index contributed by atoms with van der Waals surface area (Å²) >= 11 is 0. The molecule has 2 aliphatic rings. The fraction of sp³-hybridized carbons (Fsp3) is 0.304. The van der Waals surface area contributed by atoms with Crippen LogP contribution in [0.4, 0.5) is 0 Å². The van der Waals surface area contributed by atoms with Gasteiger partial charge in [0.15, 0.2) is 11.5 Å². The van der Waals surface area contributed by atoms with E-state index in [-0.39, 0.29) is 18.6 Å². The van der Waals surface area contributed by atoms with Crippen molar-refractivity contribution < 1.29 is 18.9 Å². The molecule has 0 bridgehead atoms. The molecule has 0 unspecified atom stereocenters. The van der Waals surface area contributed by atoms with E-state index >= 15 is 0 Å². The maximum atomic E-state index is 6.31. The van der Waals surface area contributed by atoms with E-state index in [0.29, 0.717) is 0 Å². The normalized spacial score (nSPS) is 25.9. The molecule has 2 heterocycles. The van der Waals surface area contributed by atoms with Crippen LogP contribution in [0.15, 0.2) is 54.6 Å². The number of rotatable bonds is 2. The van der Waals surface area contributed by atoms with Crippen molar-refractivity contribution in [3.63, 3.8) is 0 Å². The second-order valence-corrected chi connectivity index (χ2v) is 7.40. The molecule has 0 saturated heterocycles. The lowest BCUT2D eigenvalue weighted by Gasteiger charge is -2.44. The van der Waals surface area contributed by atoms with E-state index in [2.05, 4.69) is 55.5 Å². The molecule has 27 heavy (non-hydrogen) atoms. The molecule has 0 aliphatic carbocycles. The molecule has 0 aromatic heterocycles. The number of hydrogen-bond donors (Lipinski definition) is 0. The predicted molar refractivity (Wildman–Crippen MR) is 104 cm³/mol. The Morgan fingerprint density at radius 2 is 1.67 bits per heavy atom. The van der Waals surface area contributed by atoms with E-state index in [9.17, 15) is 0 Å². The summed E-state index contributed by atoms with van der Waals surface area (Å²) in [4.78, 5) is 0. The van der Waals surface area contributed by atoms with Crippen LogP contribution in [-0.4, -0.2) is 19.7 Å². The summed E-state index contributed by atoms with van der Waals surface area (Å²) in [6.07, 6.45) is 0. The first-order valence-corrected chi connectivity index (χ1v) is 9.26. The SMILES string of the molecule is CO[C@@]1(C)Oc2cc3c(cc2[C@H](c2cccc4ccccc24)[C@H]1C)OCO3. The molecule has 0 amide bonds. The molecule has 0 spiro atoms. The Labute approximate surface area is 158 Å². The van der Waals surface area contributed by atoms with Crippen molar-refractivity contribution in [1.82, 2.24) is 0 Å². The van der Waals surface area contributed by atoms with Crippen molar-refractivity contribution in [3.05, 3.63) is 65.7 Å². The van der Waals surface area contributed by atoms with E-state index in [1.165, 1.54) is 16.3 Å². The van der Waals surface area contributed by atoms with Crippen molar-refractivity contribution in [2.45, 2.75) is 25.6 Å². The van der Waals surface area contributed by atoms with Gasteiger partial charge in [0, 0.05) is 37.5 Å². The number of fused-ring (bicyclic) bond motifs is 3. The third kappa shape index (κ3) is 2.40. The highest BCUT2D eigenvalue weighted by Gasteiger charge is 2.46. The molecular formula is C23H22O4. The van der Waals surface area contributed by atoms with E-state index in [1.54, 1.807) is 7.11 Å². The van der Waals surface area contributed by atoms with E-state index in [4.69, 9.17) is 18.9 Å². The molecule has 0 N–H and O–H groups in total. The second kappa shape index (κ2) is 5.89. The van der Waals surface area contributed by atoms with Gasteiger partial charge in [-0.25, -0.2) is 0 Å². The number of hydrogen-bond acceptors (Lipinski definition) is 4. The molecule has 4 nitrogen and oxygen atoms in total. The molecule has 0 saturated carbocycles. The standard InChI is InChI=1S/C23H22O4/c1-14-22(17-10-6-8-15-7-4-5-9-16(15)17)18-11-20-21(26-13-25-20)12-19(18)27-23(14,2)24-3/h4-12,14,22H,13H2,1-3H3/t14-,22+,23+/m1/s1. The molecule has 5 rings (SSSR count). The minimum absolute atomic E-state index is 0.0983. The highest BCUT2D eigenvalue weighted by atomic mass is 16.7. The van der Waals surface area contributed by atoms with Gasteiger partial charge in [-0.2, -0.15) is 0 Å². The second-order valence-electron chi connectivity index (χ2n) is 7.40. The summed E-state index contributed by atoms with van der Waals surface area (Å²) in [7, 11) is 1.70. The van der Waals surface area contributed by atoms with Gasteiger partial charge in [-0.1, -0.05) is 49.4 Å². The molecule has 138 valence electrons. The Balaban J connectivity index is 1.77. The largest absolute Gasteiger partial charge is 0.462 e. The summed E-state index contributed by atoms with van der Waals surface area (Å²) in [6.45, 7) is 4.43. The van der Waals surface area contributed by atoms with Gasteiger partial charge in [-0.05, 0) is 22.4 Å². The van der Waals surface area contributed by atoms with Crippen molar-refractivity contribution in [2.75, 3.05) is 13.9 Å². The summed E-state index contributed by atoms with van der Waals surface area (Å²) in [5, 5.41) is 2.48. The van der Waals surface area contributed by atoms with Gasteiger partial charge in [0.25, 0.3) is 0 Å². The highest BCUT2D eigenvalue weighted by molar-refractivity contribution is 5.87. The topological polar surface area (TPSA) is 36.9 Å². The van der Waals surface area contributed by atoms with Gasteiger partial charge in [0.1, 0.15) is 5.75 Å². The molecule has 3 aromatic rings. The number of benzene rings is 3. The fourth-order valence-corrected chi connectivity index (χ4v) is 4.34. The van der Waals surface area contributed by atoms with E-state index in [0.717, 1.165) is 22.8 Å². The highest BCUT2D eigenvalue weighted by Crippen LogP contribution is 2.53. The first-order chi connectivity index (χ1) is 13.1. The molecule has 0 radical (unpaired) electrons. The maximum Gasteiger partial charge on any atom is 0.231 e. The third-order valence-electron chi connectivity index (χ3n) is 6.04. The van der Waals surface area contributed by atoms with Crippen molar-refractivity contribution >= 4 is 10.8 Å². The van der Waals surface area contributed by atoms with Crippen molar-refractivity contribution in [1.29, 1.82) is 0 Å². The van der Waals surface area contributed by atoms with Gasteiger partial charge in [-0.15, -0.1) is 0 Å². The first kappa shape index (κ1) is 16.5. The van der Waals surface area contributed by atoms with Gasteiger partial charge in [0.05, 0.1) is 0 Å². The predicted octanol–water partition coefficient (Wildman–Crippen LogP) is 5.09. The van der Waals surface area contributed by atoms with Crippen LogP contribution in [0.2, 0.25) is 0 Å². The van der Waals surface area contributed by atoms with Gasteiger partial charge >= 0.3 is 0 Å². The zero-order valence-electron chi connectivity index (χ0n) is 15.7. The Morgan fingerprint density at radius 3 is 2.48 bits per heavy atom. The quantitative estimate of drug-likeness (QED) is 0.636. The third-order valence-corrected chi connectivity index (χ3v) is 6.04. The summed E-state index contributed by atoms with van der Waals surface area (Å²) in [6, 6.07) is 19.0. The Kier molecular flexibility index (Phi) is 3.59. The first-order valence-electron chi connectivity index (χ1n) is 9.26. The summed E-state index contributed by atoms with van der Waals surface area (Å²) < 4.78 is 23.4. The zero-order valence-corrected chi connectivity index (χ0v) is 15.7. The molecular weight excluding hydrogens is 340 g/mol. The monoisotopic (exact) mass is 362 g/mol. The summed E-state index contributed by atoms with van der Waals surface area (Å²) in [5.74, 6) is 1.76. The minimum atomic E-state index is -0.734. The van der Waals surface area contributed by atoms with E-state index in [1.807, 2.05) is 13.0 Å². The van der Waals surface area contributed by atoms with Crippen LogP contribution >= 0.6 is 0 Å². The number of ether oxygens (including phenoxy) is 4. The van der Waals surface area contributed by atoms with Gasteiger partial charge in [0.2, 0.25) is 12.6 Å². The molecule has 3 aromatic carbocycles. The van der Waals surface area contributed by atoms with Gasteiger partial charge in [-0.3, -0.25) is 0 Å². The maximum absolute atomic E-state index is 6.31. The van der Waals surface area contributed by atoms with E-state index < -0.39 is 5.79 Å². The zero-order chi connectivity index (χ0) is 18.6. The Bertz CT molecular complexity index is 1020. The van der Waals surface area contributed by atoms with Crippen LogP contribution in [0.25, 0.3) is 10.8 Å². The molecule has 0 fully saturated rings. The van der Waals surface area contributed by atoms with Crippen LogP contribution < -0.4 is 14.2 Å². The Morgan fingerprint density at radius 1 is 0.926 bits per heavy atom. The van der Waals surface area contributed by atoms with Crippen molar-refractivity contribution in [3.8, 4) is 17.2 Å². The summed E-state index contributed by atoms with van der Waals surface area (Å²) in [5.41, 5.74) is 2.38. The fourth-order valence-electron chi connectivity index (χ4n) is 4.34. The lowest BCUT2D eigenvalue weighted by Crippen LogP contribution is -2.47. The average molecular weight is 362 g/mol. The smallest absolute Gasteiger partial charge is 0.231 e. The average Bonchev–Trinajstić information content (AvgIpc) is 3.15. The molecule has 4 heteroatoms. The van der Waals surface area contributed by atoms with Crippen LogP contribution in [0.5, 0.6) is 17.2 Å². The lowest BCUT2D eigenvalue weighted by atomic mass is 9.74. The number of methoxy groups -OCH3 is 1. The van der Waals surface area contributed by atoms with Crippen LogP contribution in [0, 0.1) is 5.92 Å². The van der Waals surface area contributed by atoms with Crippen LogP contribution in [0.1, 0.15) is 30.9 Å². The lowest BCUT2D eigenvalue weighted by molar-refractivity contribution is -0.194. The van der Waals surface area contributed by atoms with Crippen LogP contribution in [0.3, 0.4) is 0 Å². The Hall–Kier alpha value is -2.72. The van der Waals surface area contributed by atoms with Crippen LogP contribution in [-0.2, 0) is 4.74 Å².